The lowest BCUT2D eigenvalue weighted by atomic mass is 10.1. The highest BCUT2D eigenvalue weighted by Crippen LogP contribution is 2.45. The lowest BCUT2D eigenvalue weighted by Crippen LogP contribution is -2.06. The third-order valence-corrected chi connectivity index (χ3v) is 6.94. The maximum atomic E-state index is 11.2. The quantitative estimate of drug-likeness (QED) is 0.100. The van der Waals surface area contributed by atoms with Gasteiger partial charge in [0.05, 0.1) is 31.1 Å². The number of carboxylic acids is 1. The average molecular weight is 569 g/mol. The van der Waals surface area contributed by atoms with E-state index in [1.807, 2.05) is 12.1 Å². The summed E-state index contributed by atoms with van der Waals surface area (Å²) < 4.78 is 18.9. The van der Waals surface area contributed by atoms with Crippen molar-refractivity contribution in [1.29, 1.82) is 0 Å². The number of aromatic carboxylic acids is 1. The van der Waals surface area contributed by atoms with Crippen LogP contribution in [0.1, 0.15) is 127 Å². The number of unbranched alkanes of at least 4 members (excludes halogenated alkanes) is 12. The Morgan fingerprint density at radius 1 is 0.585 bits per heavy atom. The molecule has 0 amide bonds. The minimum Gasteiger partial charge on any atom is -0.490 e. The van der Waals surface area contributed by atoms with E-state index in [4.69, 9.17) is 14.2 Å². The molecule has 0 heterocycles. The van der Waals surface area contributed by atoms with E-state index in [0.717, 1.165) is 38.5 Å². The Balaban J connectivity index is 2.27. The molecule has 7 heteroatoms. The van der Waals surface area contributed by atoms with Gasteiger partial charge in [-0.25, -0.2) is 4.79 Å². The van der Waals surface area contributed by atoms with Crippen LogP contribution >= 0.6 is 0 Å². The van der Waals surface area contributed by atoms with Crippen LogP contribution in [-0.2, 0) is 0 Å². The summed E-state index contributed by atoms with van der Waals surface area (Å²) in [5.41, 5.74) is 1.34. The highest BCUT2D eigenvalue weighted by atomic mass is 16.5. The number of rotatable bonds is 24. The third-order valence-electron chi connectivity index (χ3n) is 6.94. The van der Waals surface area contributed by atoms with Crippen LogP contribution in [-0.4, -0.2) is 30.9 Å². The van der Waals surface area contributed by atoms with Crippen molar-refractivity contribution >= 4 is 17.3 Å². The summed E-state index contributed by atoms with van der Waals surface area (Å²) in [6.45, 7) is 8.42. The molecule has 0 bridgehead atoms. The molecule has 0 saturated carbocycles. The van der Waals surface area contributed by atoms with Gasteiger partial charge in [-0.3, -0.25) is 0 Å². The predicted molar refractivity (Wildman–Crippen MR) is 167 cm³/mol. The fraction of sp³-hybridized carbons (Fsp3) is 0.618. The van der Waals surface area contributed by atoms with Crippen molar-refractivity contribution in [3.63, 3.8) is 0 Å². The molecule has 2 aromatic carbocycles. The predicted octanol–water partition coefficient (Wildman–Crippen LogP) is 10.8. The molecule has 0 fully saturated rings. The zero-order valence-corrected chi connectivity index (χ0v) is 25.7. The van der Waals surface area contributed by atoms with Gasteiger partial charge in [-0.1, -0.05) is 97.8 Å². The number of azo groups is 1. The summed E-state index contributed by atoms with van der Waals surface area (Å²) >= 11 is 0. The summed E-state index contributed by atoms with van der Waals surface area (Å²) in [5.74, 6) is 0.865. The Morgan fingerprint density at radius 3 is 1.59 bits per heavy atom. The first-order valence-corrected chi connectivity index (χ1v) is 15.9. The fourth-order valence-corrected chi connectivity index (χ4v) is 4.43. The van der Waals surface area contributed by atoms with Crippen molar-refractivity contribution in [2.45, 2.75) is 117 Å². The van der Waals surface area contributed by atoms with Crippen LogP contribution in [0.2, 0.25) is 0 Å². The number of ether oxygens (including phenoxy) is 3. The van der Waals surface area contributed by atoms with Gasteiger partial charge in [-0.15, -0.1) is 5.11 Å². The summed E-state index contributed by atoms with van der Waals surface area (Å²) in [7, 11) is 0. The summed E-state index contributed by atoms with van der Waals surface area (Å²) in [5, 5.41) is 18.0. The van der Waals surface area contributed by atoms with E-state index in [9.17, 15) is 9.90 Å². The first-order chi connectivity index (χ1) is 20.1. The number of hydrogen-bond acceptors (Lipinski definition) is 6. The molecule has 0 saturated heterocycles. The van der Waals surface area contributed by atoms with Gasteiger partial charge in [0, 0.05) is 0 Å². The van der Waals surface area contributed by atoms with Gasteiger partial charge in [0.2, 0.25) is 5.75 Å². The van der Waals surface area contributed by atoms with Crippen molar-refractivity contribution in [2.75, 3.05) is 19.8 Å². The Labute approximate surface area is 247 Å². The average Bonchev–Trinajstić information content (AvgIpc) is 2.98. The molecule has 2 rings (SSSR count). The van der Waals surface area contributed by atoms with E-state index < -0.39 is 5.97 Å². The van der Waals surface area contributed by atoms with Crippen LogP contribution in [0.15, 0.2) is 46.6 Å². The molecule has 0 spiro atoms. The highest BCUT2D eigenvalue weighted by Gasteiger charge is 2.19. The smallest absolute Gasteiger partial charge is 0.335 e. The van der Waals surface area contributed by atoms with Crippen LogP contribution in [0, 0.1) is 0 Å². The first kappa shape index (κ1) is 34.1. The summed E-state index contributed by atoms with van der Waals surface area (Å²) in [6, 6.07) is 10.1. The molecule has 1 N–H and O–H groups in total. The summed E-state index contributed by atoms with van der Waals surface area (Å²) in [4.78, 5) is 11.2. The Morgan fingerprint density at radius 2 is 1.07 bits per heavy atom. The zero-order valence-electron chi connectivity index (χ0n) is 25.7. The minimum atomic E-state index is -0.972. The van der Waals surface area contributed by atoms with Crippen LogP contribution in [0.25, 0.3) is 0 Å². The minimum absolute atomic E-state index is 0.210. The number of hydrogen-bond donors (Lipinski definition) is 1. The van der Waals surface area contributed by atoms with Crippen LogP contribution in [0.5, 0.6) is 17.2 Å². The van der Waals surface area contributed by atoms with E-state index in [2.05, 4.69) is 31.0 Å². The molecule has 0 aromatic heterocycles. The molecule has 0 radical (unpaired) electrons. The molecule has 2 aromatic rings. The third kappa shape index (κ3) is 13.9. The second-order valence-electron chi connectivity index (χ2n) is 10.6. The number of benzene rings is 2. The van der Waals surface area contributed by atoms with Gasteiger partial charge < -0.3 is 19.3 Å². The van der Waals surface area contributed by atoms with E-state index in [0.29, 0.717) is 48.4 Å². The zero-order chi connectivity index (χ0) is 29.5. The Bertz CT molecular complexity index is 1010. The SMILES string of the molecule is CCCCCCCOc1ccc(N=Nc2ccc(C(=O)O)cc2)c(OCCCCCCC)c1OCCCCCCC. The second-order valence-corrected chi connectivity index (χ2v) is 10.6. The molecular weight excluding hydrogens is 516 g/mol. The van der Waals surface area contributed by atoms with Crippen LogP contribution < -0.4 is 14.2 Å². The first-order valence-electron chi connectivity index (χ1n) is 15.9. The second kappa shape index (κ2) is 21.6. The molecule has 0 unspecified atom stereocenters. The Kier molecular flexibility index (Phi) is 18.0. The van der Waals surface area contributed by atoms with E-state index >= 15 is 0 Å². The van der Waals surface area contributed by atoms with Crippen molar-refractivity contribution in [3.8, 4) is 17.2 Å². The molecule has 228 valence electrons. The molecular formula is C34H52N2O5. The van der Waals surface area contributed by atoms with Gasteiger partial charge in [-0.05, 0) is 55.7 Å². The highest BCUT2D eigenvalue weighted by molar-refractivity contribution is 5.87. The van der Waals surface area contributed by atoms with Crippen LogP contribution in [0.4, 0.5) is 11.4 Å². The van der Waals surface area contributed by atoms with Crippen molar-refractivity contribution in [1.82, 2.24) is 0 Å². The van der Waals surface area contributed by atoms with Gasteiger partial charge in [0.15, 0.2) is 11.5 Å². The number of carbonyl (C=O) groups is 1. The van der Waals surface area contributed by atoms with Crippen molar-refractivity contribution in [2.24, 2.45) is 10.2 Å². The lowest BCUT2D eigenvalue weighted by molar-refractivity contribution is 0.0697. The maximum Gasteiger partial charge on any atom is 0.335 e. The molecule has 0 aliphatic rings. The molecule has 0 atom stereocenters. The van der Waals surface area contributed by atoms with Gasteiger partial charge in [-0.2, -0.15) is 5.11 Å². The van der Waals surface area contributed by atoms with Gasteiger partial charge in [0.25, 0.3) is 0 Å². The lowest BCUT2D eigenvalue weighted by Gasteiger charge is -2.18. The molecule has 0 aliphatic carbocycles. The Hall–Kier alpha value is -3.09. The van der Waals surface area contributed by atoms with E-state index in [-0.39, 0.29) is 5.56 Å². The monoisotopic (exact) mass is 568 g/mol. The molecule has 41 heavy (non-hydrogen) atoms. The maximum absolute atomic E-state index is 11.2. The summed E-state index contributed by atoms with van der Waals surface area (Å²) in [6.07, 6.45) is 17.3. The topological polar surface area (TPSA) is 89.7 Å². The standard InChI is InChI=1S/C34H52N2O5/c1-4-7-10-13-16-25-39-31-24-23-30(36-35-29-21-19-28(20-22-29)34(37)38)32(40-26-17-14-11-8-5-2)33(31)41-27-18-15-12-9-6-3/h19-24H,4-18,25-27H2,1-3H3,(H,37,38). The van der Waals surface area contributed by atoms with Gasteiger partial charge >= 0.3 is 5.97 Å². The van der Waals surface area contributed by atoms with Crippen LogP contribution in [0.3, 0.4) is 0 Å². The van der Waals surface area contributed by atoms with E-state index in [1.165, 1.54) is 69.9 Å². The normalized spacial score (nSPS) is 11.2. The van der Waals surface area contributed by atoms with Crippen molar-refractivity contribution < 1.29 is 24.1 Å². The largest absolute Gasteiger partial charge is 0.490 e. The van der Waals surface area contributed by atoms with E-state index in [1.54, 1.807) is 12.1 Å². The van der Waals surface area contributed by atoms with Gasteiger partial charge in [0.1, 0.15) is 5.69 Å². The fourth-order valence-electron chi connectivity index (χ4n) is 4.43. The molecule has 0 aliphatic heterocycles. The number of nitrogens with zero attached hydrogens (tertiary/aromatic N) is 2. The van der Waals surface area contributed by atoms with Crippen molar-refractivity contribution in [3.05, 3.63) is 42.0 Å². The molecule has 7 nitrogen and oxygen atoms in total. The number of carboxylic acid groups (broad SMARTS) is 1.